The Morgan fingerprint density at radius 3 is 2.32 bits per heavy atom. The zero-order valence-corrected chi connectivity index (χ0v) is 17.1. The summed E-state index contributed by atoms with van der Waals surface area (Å²) in [6.45, 7) is 6.59. The van der Waals surface area contributed by atoms with Gasteiger partial charge in [-0.15, -0.1) is 0 Å². The van der Waals surface area contributed by atoms with Crippen molar-refractivity contribution in [1.29, 1.82) is 15.8 Å². The molecule has 28 heavy (non-hydrogen) atoms. The van der Waals surface area contributed by atoms with Gasteiger partial charge in [-0.05, 0) is 47.3 Å². The number of halogens is 1. The Hall–Kier alpha value is -2.74. The molecule has 0 aliphatic heterocycles. The fourth-order valence-corrected chi connectivity index (χ4v) is 4.92. The highest BCUT2D eigenvalue weighted by Gasteiger charge is 2.55. The van der Waals surface area contributed by atoms with Gasteiger partial charge in [0.2, 0.25) is 0 Å². The lowest BCUT2D eigenvalue weighted by Crippen LogP contribution is -2.44. The fourth-order valence-electron chi connectivity index (χ4n) is 4.67. The van der Waals surface area contributed by atoms with Crippen LogP contribution < -0.4 is 5.73 Å². The van der Waals surface area contributed by atoms with Crippen molar-refractivity contribution < 1.29 is 0 Å². The minimum absolute atomic E-state index is 0.0432. The Morgan fingerprint density at radius 2 is 1.79 bits per heavy atom. The molecule has 2 N–H and O–H groups in total. The van der Waals surface area contributed by atoms with E-state index in [0.29, 0.717) is 10.9 Å². The predicted octanol–water partition coefficient (Wildman–Crippen LogP) is 5.21. The van der Waals surface area contributed by atoms with Crippen molar-refractivity contribution in [3.05, 3.63) is 57.8 Å². The van der Waals surface area contributed by atoms with Gasteiger partial charge in [-0.3, -0.25) is 0 Å². The number of nitriles is 3. The molecule has 0 amide bonds. The van der Waals surface area contributed by atoms with Gasteiger partial charge in [0, 0.05) is 10.9 Å². The maximum Gasteiger partial charge on any atom is 0.191 e. The van der Waals surface area contributed by atoms with Crippen molar-refractivity contribution in [2.75, 3.05) is 0 Å². The van der Waals surface area contributed by atoms with E-state index in [1.54, 1.807) is 6.07 Å². The third kappa shape index (κ3) is 2.88. The number of hydrogen-bond acceptors (Lipinski definition) is 4. The van der Waals surface area contributed by atoms with E-state index in [0.717, 1.165) is 24.0 Å². The SMILES string of the molecule is CC(C)(C)[C@@H]1CC=C2C(C#N)=C(N)C(C#N)(C#N)[C@H](c3ccccc3Cl)[C@H]2C1. The van der Waals surface area contributed by atoms with Gasteiger partial charge >= 0.3 is 0 Å². The lowest BCUT2D eigenvalue weighted by Gasteiger charge is -2.47. The summed E-state index contributed by atoms with van der Waals surface area (Å²) in [5.41, 5.74) is 6.67. The van der Waals surface area contributed by atoms with Crippen LogP contribution in [0.25, 0.3) is 0 Å². The highest BCUT2D eigenvalue weighted by molar-refractivity contribution is 6.31. The monoisotopic (exact) mass is 390 g/mol. The Balaban J connectivity index is 2.33. The average molecular weight is 391 g/mol. The van der Waals surface area contributed by atoms with Crippen LogP contribution in [0.3, 0.4) is 0 Å². The number of rotatable bonds is 1. The molecule has 0 unspecified atom stereocenters. The summed E-state index contributed by atoms with van der Waals surface area (Å²) in [7, 11) is 0. The Morgan fingerprint density at radius 1 is 1.14 bits per heavy atom. The molecule has 3 atom stereocenters. The molecule has 0 aromatic heterocycles. The lowest BCUT2D eigenvalue weighted by atomic mass is 9.54. The number of hydrogen-bond donors (Lipinski definition) is 1. The number of nitrogens with two attached hydrogens (primary N) is 1. The van der Waals surface area contributed by atoms with Crippen molar-refractivity contribution in [2.45, 2.75) is 39.5 Å². The standard InChI is InChI=1S/C23H23ClN4/c1-22(2,3)14-8-9-15-17(10-14)20(16-6-4-5-7-19(16)24)23(12-26,13-27)21(28)18(15)11-25/h4-7,9,14,17,20H,8,10,28H2,1-3H3/t14-,17+,20-/m1/s1. The minimum atomic E-state index is -1.63. The van der Waals surface area contributed by atoms with Crippen LogP contribution in [0, 0.1) is 56.7 Å². The van der Waals surface area contributed by atoms with Gasteiger partial charge in [0.1, 0.15) is 6.07 Å². The zero-order valence-electron chi connectivity index (χ0n) is 16.3. The van der Waals surface area contributed by atoms with E-state index in [-0.39, 0.29) is 22.6 Å². The third-order valence-corrected chi connectivity index (χ3v) is 6.69. The Kier molecular flexibility index (Phi) is 5.01. The number of fused-ring (bicyclic) bond motifs is 1. The highest BCUT2D eigenvalue weighted by Crippen LogP contribution is 2.58. The molecule has 0 spiro atoms. The van der Waals surface area contributed by atoms with Crippen LogP contribution >= 0.6 is 11.6 Å². The van der Waals surface area contributed by atoms with E-state index in [1.807, 2.05) is 18.2 Å². The first kappa shape index (κ1) is 20.0. The predicted molar refractivity (Wildman–Crippen MR) is 108 cm³/mol. The molecule has 0 radical (unpaired) electrons. The van der Waals surface area contributed by atoms with Crippen LogP contribution in [0.5, 0.6) is 0 Å². The second kappa shape index (κ2) is 7.01. The molecular formula is C23H23ClN4. The molecule has 0 fully saturated rings. The van der Waals surface area contributed by atoms with Crippen molar-refractivity contribution >= 4 is 11.6 Å². The summed E-state index contributed by atoms with van der Waals surface area (Å²) in [5.74, 6) is -0.329. The van der Waals surface area contributed by atoms with Crippen LogP contribution in [0.15, 0.2) is 47.2 Å². The highest BCUT2D eigenvalue weighted by atomic mass is 35.5. The molecule has 2 aliphatic rings. The lowest BCUT2D eigenvalue weighted by molar-refractivity contribution is 0.170. The second-order valence-electron chi connectivity index (χ2n) is 8.73. The van der Waals surface area contributed by atoms with Gasteiger partial charge in [-0.2, -0.15) is 15.8 Å². The molecule has 1 aromatic rings. The molecule has 0 heterocycles. The minimum Gasteiger partial charge on any atom is -0.399 e. The molecule has 2 aliphatic carbocycles. The molecule has 1 aromatic carbocycles. The van der Waals surface area contributed by atoms with Crippen molar-refractivity contribution in [2.24, 2.45) is 28.4 Å². The molecular weight excluding hydrogens is 368 g/mol. The topological polar surface area (TPSA) is 97.4 Å². The molecule has 3 rings (SSSR count). The van der Waals surface area contributed by atoms with Gasteiger partial charge in [0.05, 0.1) is 23.4 Å². The summed E-state index contributed by atoms with van der Waals surface area (Å²) in [4.78, 5) is 0. The maximum absolute atomic E-state index is 10.1. The number of nitrogens with zero attached hydrogens (tertiary/aromatic N) is 3. The normalized spacial score (nSPS) is 26.3. The van der Waals surface area contributed by atoms with E-state index in [4.69, 9.17) is 17.3 Å². The van der Waals surface area contributed by atoms with Crippen LogP contribution in [-0.2, 0) is 0 Å². The largest absolute Gasteiger partial charge is 0.399 e. The maximum atomic E-state index is 10.1. The van der Waals surface area contributed by atoms with E-state index in [1.165, 1.54) is 0 Å². The Bertz CT molecular complexity index is 977. The number of allylic oxidation sites excluding steroid dienone is 4. The quantitative estimate of drug-likeness (QED) is 0.711. The fraction of sp³-hybridized carbons (Fsp3) is 0.435. The van der Waals surface area contributed by atoms with E-state index in [9.17, 15) is 15.8 Å². The molecule has 0 saturated heterocycles. The van der Waals surface area contributed by atoms with Crippen molar-refractivity contribution in [1.82, 2.24) is 0 Å². The van der Waals surface area contributed by atoms with Crippen molar-refractivity contribution in [3.63, 3.8) is 0 Å². The van der Waals surface area contributed by atoms with Gasteiger partial charge < -0.3 is 5.73 Å². The first-order valence-electron chi connectivity index (χ1n) is 9.39. The molecule has 5 heteroatoms. The first-order chi connectivity index (χ1) is 13.2. The summed E-state index contributed by atoms with van der Waals surface area (Å²) in [5, 5.41) is 30.5. The molecule has 142 valence electrons. The van der Waals surface area contributed by atoms with E-state index < -0.39 is 11.3 Å². The Labute approximate surface area is 171 Å². The first-order valence-corrected chi connectivity index (χ1v) is 9.76. The number of benzene rings is 1. The average Bonchev–Trinajstić information content (AvgIpc) is 2.67. The van der Waals surface area contributed by atoms with Crippen LogP contribution in [0.2, 0.25) is 5.02 Å². The van der Waals surface area contributed by atoms with Gasteiger partial charge in [0.25, 0.3) is 0 Å². The summed E-state index contributed by atoms with van der Waals surface area (Å²) >= 11 is 6.51. The molecule has 4 nitrogen and oxygen atoms in total. The van der Waals surface area contributed by atoms with Crippen molar-refractivity contribution in [3.8, 4) is 18.2 Å². The van der Waals surface area contributed by atoms with Gasteiger partial charge in [-0.25, -0.2) is 0 Å². The molecule has 0 saturated carbocycles. The molecule has 0 bridgehead atoms. The van der Waals surface area contributed by atoms with Crippen LogP contribution in [0.4, 0.5) is 0 Å². The van der Waals surface area contributed by atoms with E-state index in [2.05, 4.69) is 45.1 Å². The van der Waals surface area contributed by atoms with Crippen LogP contribution in [0.1, 0.15) is 45.1 Å². The van der Waals surface area contributed by atoms with E-state index >= 15 is 0 Å². The van der Waals surface area contributed by atoms with Crippen LogP contribution in [-0.4, -0.2) is 0 Å². The van der Waals surface area contributed by atoms with Gasteiger partial charge in [0.15, 0.2) is 5.41 Å². The second-order valence-corrected chi connectivity index (χ2v) is 9.14. The van der Waals surface area contributed by atoms with Gasteiger partial charge in [-0.1, -0.05) is 56.6 Å². The summed E-state index contributed by atoms with van der Waals surface area (Å²) in [6.07, 6.45) is 3.70. The zero-order chi connectivity index (χ0) is 20.7. The smallest absolute Gasteiger partial charge is 0.191 e. The summed E-state index contributed by atoms with van der Waals surface area (Å²) < 4.78 is 0. The summed E-state index contributed by atoms with van der Waals surface area (Å²) in [6, 6.07) is 13.8. The third-order valence-electron chi connectivity index (χ3n) is 6.34.